The van der Waals surface area contributed by atoms with E-state index in [-0.39, 0.29) is 23.1 Å². The molecule has 1 heterocycles. The predicted molar refractivity (Wildman–Crippen MR) is 98.1 cm³/mol. The van der Waals surface area contributed by atoms with Gasteiger partial charge in [0.05, 0.1) is 5.39 Å². The van der Waals surface area contributed by atoms with Gasteiger partial charge in [-0.3, -0.25) is 14.4 Å². The molecule has 0 unspecified atom stereocenters. The van der Waals surface area contributed by atoms with E-state index in [0.717, 1.165) is 12.8 Å². The van der Waals surface area contributed by atoms with Crippen LogP contribution in [0.2, 0.25) is 0 Å². The molecule has 130 valence electrons. The van der Waals surface area contributed by atoms with Gasteiger partial charge in [-0.2, -0.15) is 5.10 Å². The Labute approximate surface area is 148 Å². The fourth-order valence-electron chi connectivity index (χ4n) is 2.74. The third-order valence-electron chi connectivity index (χ3n) is 4.25. The lowest BCUT2D eigenvalue weighted by Crippen LogP contribution is -2.19. The second-order valence-corrected chi connectivity index (χ2v) is 6.25. The van der Waals surface area contributed by atoms with Crippen LogP contribution in [-0.2, 0) is 4.79 Å². The summed E-state index contributed by atoms with van der Waals surface area (Å²) in [7, 11) is 0. The Balaban J connectivity index is 1.58. The number of aromatic amines is 1. The van der Waals surface area contributed by atoms with Crippen LogP contribution in [0.4, 0.5) is 11.4 Å². The maximum absolute atomic E-state index is 12.6. The van der Waals surface area contributed by atoms with Gasteiger partial charge in [0.2, 0.25) is 5.91 Å². The molecule has 2 amide bonds. The van der Waals surface area contributed by atoms with Crippen LogP contribution in [0.3, 0.4) is 0 Å². The molecule has 1 saturated carbocycles. The topological polar surface area (TPSA) is 104 Å². The molecule has 4 rings (SSSR count). The molecule has 3 aromatic rings. The molecule has 0 saturated heterocycles. The number of benzene rings is 2. The number of anilines is 2. The molecule has 7 nitrogen and oxygen atoms in total. The summed E-state index contributed by atoms with van der Waals surface area (Å²) in [4.78, 5) is 36.3. The number of carbonyl (C=O) groups excluding carboxylic acids is 2. The average molecular weight is 348 g/mol. The Bertz CT molecular complexity index is 1070. The van der Waals surface area contributed by atoms with Gasteiger partial charge in [-0.25, -0.2) is 5.10 Å². The number of H-pyrrole nitrogens is 1. The summed E-state index contributed by atoms with van der Waals surface area (Å²) in [6.07, 6.45) is 1.85. The summed E-state index contributed by atoms with van der Waals surface area (Å²) in [6.45, 7) is 0. The Morgan fingerprint density at radius 1 is 0.962 bits per heavy atom. The van der Waals surface area contributed by atoms with Gasteiger partial charge in [0.25, 0.3) is 11.5 Å². The Morgan fingerprint density at radius 2 is 1.65 bits per heavy atom. The predicted octanol–water partition coefficient (Wildman–Crippen LogP) is 2.52. The van der Waals surface area contributed by atoms with E-state index >= 15 is 0 Å². The van der Waals surface area contributed by atoms with Gasteiger partial charge in [-0.15, -0.1) is 0 Å². The first kappa shape index (κ1) is 16.0. The molecule has 2 aromatic carbocycles. The summed E-state index contributed by atoms with van der Waals surface area (Å²) in [5, 5.41) is 12.7. The van der Waals surface area contributed by atoms with E-state index in [4.69, 9.17) is 0 Å². The molecule has 1 aliphatic rings. The van der Waals surface area contributed by atoms with Crippen LogP contribution in [0.25, 0.3) is 10.8 Å². The molecule has 1 fully saturated rings. The van der Waals surface area contributed by atoms with Crippen LogP contribution >= 0.6 is 0 Å². The van der Waals surface area contributed by atoms with Gasteiger partial charge in [-0.1, -0.05) is 24.3 Å². The van der Waals surface area contributed by atoms with Crippen molar-refractivity contribution in [2.75, 3.05) is 10.6 Å². The fraction of sp³-hybridized carbons (Fsp3) is 0.158. The smallest absolute Gasteiger partial charge is 0.276 e. The Kier molecular flexibility index (Phi) is 3.96. The largest absolute Gasteiger partial charge is 0.326 e. The van der Waals surface area contributed by atoms with Crippen molar-refractivity contribution >= 4 is 34.0 Å². The first-order valence-electron chi connectivity index (χ1n) is 8.31. The molecule has 3 N–H and O–H groups in total. The van der Waals surface area contributed by atoms with Crippen LogP contribution in [0.5, 0.6) is 0 Å². The van der Waals surface area contributed by atoms with Crippen molar-refractivity contribution < 1.29 is 9.59 Å². The van der Waals surface area contributed by atoms with E-state index in [1.807, 2.05) is 0 Å². The Morgan fingerprint density at radius 3 is 2.38 bits per heavy atom. The molecule has 26 heavy (non-hydrogen) atoms. The minimum atomic E-state index is -0.442. The third kappa shape index (κ3) is 3.19. The number of aromatic nitrogens is 2. The lowest BCUT2D eigenvalue weighted by atomic mass is 10.1. The van der Waals surface area contributed by atoms with Crippen LogP contribution < -0.4 is 16.2 Å². The number of nitrogens with one attached hydrogen (secondary N) is 3. The quantitative estimate of drug-likeness (QED) is 0.674. The maximum Gasteiger partial charge on any atom is 0.276 e. The van der Waals surface area contributed by atoms with E-state index in [1.165, 1.54) is 0 Å². The van der Waals surface area contributed by atoms with Crippen LogP contribution in [-0.4, -0.2) is 22.0 Å². The highest BCUT2D eigenvalue weighted by molar-refractivity contribution is 6.11. The highest BCUT2D eigenvalue weighted by atomic mass is 16.2. The number of fused-ring (bicyclic) bond motifs is 1. The summed E-state index contributed by atoms with van der Waals surface area (Å²) >= 11 is 0. The highest BCUT2D eigenvalue weighted by Gasteiger charge is 2.29. The van der Waals surface area contributed by atoms with Gasteiger partial charge in [0.1, 0.15) is 0 Å². The average Bonchev–Trinajstić information content (AvgIpc) is 3.48. The minimum absolute atomic E-state index is 0.00164. The molecule has 7 heteroatoms. The van der Waals surface area contributed by atoms with Crippen molar-refractivity contribution in [3.8, 4) is 0 Å². The van der Waals surface area contributed by atoms with Crippen LogP contribution in [0, 0.1) is 5.92 Å². The van der Waals surface area contributed by atoms with Crippen molar-refractivity contribution in [2.45, 2.75) is 12.8 Å². The number of carbonyl (C=O) groups is 2. The summed E-state index contributed by atoms with van der Waals surface area (Å²) in [5.74, 6) is -0.338. The minimum Gasteiger partial charge on any atom is -0.326 e. The Hall–Kier alpha value is -3.48. The molecule has 0 spiro atoms. The van der Waals surface area contributed by atoms with E-state index in [2.05, 4.69) is 20.8 Å². The van der Waals surface area contributed by atoms with Gasteiger partial charge in [0.15, 0.2) is 5.69 Å². The molecule has 0 bridgehead atoms. The number of nitrogens with zero attached hydrogens (tertiary/aromatic N) is 1. The van der Waals surface area contributed by atoms with E-state index < -0.39 is 5.91 Å². The van der Waals surface area contributed by atoms with Crippen LogP contribution in [0.15, 0.2) is 53.3 Å². The molecule has 0 atom stereocenters. The summed E-state index contributed by atoms with van der Waals surface area (Å²) in [6, 6.07) is 13.7. The fourth-order valence-corrected chi connectivity index (χ4v) is 2.74. The van der Waals surface area contributed by atoms with E-state index in [0.29, 0.717) is 22.1 Å². The number of hydrogen-bond donors (Lipinski definition) is 3. The first-order valence-corrected chi connectivity index (χ1v) is 8.31. The molecular weight excluding hydrogens is 332 g/mol. The van der Waals surface area contributed by atoms with Crippen molar-refractivity contribution in [1.29, 1.82) is 0 Å². The standard InChI is InChI=1S/C19H16N4O3/c24-17(11-8-9-11)20-12-4-3-5-13(10-12)21-19(26)16-14-6-1-2-7-15(14)18(25)23-22-16/h1-7,10-11H,8-9H2,(H,20,24)(H,21,26)(H,23,25). The van der Waals surface area contributed by atoms with Gasteiger partial charge in [-0.05, 0) is 37.1 Å². The van der Waals surface area contributed by atoms with Crippen molar-refractivity contribution in [2.24, 2.45) is 5.92 Å². The van der Waals surface area contributed by atoms with Crippen molar-refractivity contribution in [3.05, 3.63) is 64.6 Å². The maximum atomic E-state index is 12.6. The lowest BCUT2D eigenvalue weighted by molar-refractivity contribution is -0.117. The molecule has 1 aromatic heterocycles. The summed E-state index contributed by atoms with van der Waals surface area (Å²) in [5.41, 5.74) is 0.939. The SMILES string of the molecule is O=C(Nc1cccc(NC(=O)C2CC2)c1)c1n[nH]c(=O)c2ccccc12. The lowest BCUT2D eigenvalue weighted by Gasteiger charge is -2.09. The third-order valence-corrected chi connectivity index (χ3v) is 4.25. The number of amides is 2. The normalized spacial score (nSPS) is 13.4. The van der Waals surface area contributed by atoms with Crippen LogP contribution in [0.1, 0.15) is 23.3 Å². The summed E-state index contributed by atoms with van der Waals surface area (Å²) < 4.78 is 0. The molecule has 0 aliphatic heterocycles. The molecular formula is C19H16N4O3. The van der Waals surface area contributed by atoms with Gasteiger partial charge >= 0.3 is 0 Å². The monoisotopic (exact) mass is 348 g/mol. The number of rotatable bonds is 4. The van der Waals surface area contributed by atoms with Gasteiger partial charge in [0, 0.05) is 22.7 Å². The highest BCUT2D eigenvalue weighted by Crippen LogP contribution is 2.30. The van der Waals surface area contributed by atoms with Gasteiger partial charge < -0.3 is 10.6 Å². The zero-order valence-electron chi connectivity index (χ0n) is 13.8. The van der Waals surface area contributed by atoms with E-state index in [9.17, 15) is 14.4 Å². The molecule has 0 radical (unpaired) electrons. The van der Waals surface area contributed by atoms with Crippen molar-refractivity contribution in [3.63, 3.8) is 0 Å². The second kappa shape index (κ2) is 6.44. The van der Waals surface area contributed by atoms with Crippen molar-refractivity contribution in [1.82, 2.24) is 10.2 Å². The number of hydrogen-bond acceptors (Lipinski definition) is 4. The molecule has 1 aliphatic carbocycles. The first-order chi connectivity index (χ1) is 12.6. The zero-order valence-corrected chi connectivity index (χ0v) is 13.8. The zero-order chi connectivity index (χ0) is 18.1. The second-order valence-electron chi connectivity index (χ2n) is 6.25. The van der Waals surface area contributed by atoms with E-state index in [1.54, 1.807) is 48.5 Å².